The Morgan fingerprint density at radius 1 is 1.08 bits per heavy atom. The van der Waals surface area contributed by atoms with Gasteiger partial charge < -0.3 is 14.5 Å². The number of carbonyl (C=O) groups is 1. The molecule has 0 spiro atoms. The number of amides is 1. The molecular weight excluding hydrogens is 368 g/mol. The van der Waals surface area contributed by atoms with Gasteiger partial charge >= 0.3 is 0 Å². The number of ether oxygens (including phenoxy) is 1. The van der Waals surface area contributed by atoms with Crippen LogP contribution in [-0.2, 0) is 6.61 Å². The van der Waals surface area contributed by atoms with Gasteiger partial charge in [-0.2, -0.15) is 0 Å². The highest BCUT2D eigenvalue weighted by Crippen LogP contribution is 2.18. The van der Waals surface area contributed by atoms with Crippen molar-refractivity contribution in [2.75, 3.05) is 33.2 Å². The molecule has 5 heteroatoms. The number of rotatable bonds is 4. The van der Waals surface area contributed by atoms with E-state index >= 15 is 0 Å². The molecule has 0 atom stereocenters. The first kappa shape index (κ1) is 17.0. The number of halogens is 1. The lowest BCUT2D eigenvalue weighted by Gasteiger charge is -2.32. The van der Waals surface area contributed by atoms with Gasteiger partial charge in [-0.3, -0.25) is 4.79 Å². The van der Waals surface area contributed by atoms with Crippen LogP contribution in [0.3, 0.4) is 0 Å². The van der Waals surface area contributed by atoms with Crippen molar-refractivity contribution in [1.29, 1.82) is 0 Å². The standard InChI is InChI=1S/C19H21BrN2O2/c1-21-9-11-22(12-10-21)19(23)16-3-2-4-18(13-16)24-14-15-5-7-17(20)8-6-15/h2-8,13H,9-12,14H2,1H3. The van der Waals surface area contributed by atoms with Crippen LogP contribution in [0, 0.1) is 0 Å². The summed E-state index contributed by atoms with van der Waals surface area (Å²) < 4.78 is 6.88. The maximum Gasteiger partial charge on any atom is 0.254 e. The zero-order valence-corrected chi connectivity index (χ0v) is 15.3. The lowest BCUT2D eigenvalue weighted by atomic mass is 10.1. The number of piperazine rings is 1. The van der Waals surface area contributed by atoms with Gasteiger partial charge in [0.2, 0.25) is 0 Å². The Hall–Kier alpha value is -1.85. The normalized spacial score (nSPS) is 15.3. The lowest BCUT2D eigenvalue weighted by Crippen LogP contribution is -2.47. The molecular formula is C19H21BrN2O2. The Morgan fingerprint density at radius 2 is 1.79 bits per heavy atom. The second-order valence-electron chi connectivity index (χ2n) is 6.04. The molecule has 1 amide bonds. The van der Waals surface area contributed by atoms with Gasteiger partial charge in [0, 0.05) is 36.2 Å². The average Bonchev–Trinajstić information content (AvgIpc) is 2.61. The van der Waals surface area contributed by atoms with Crippen molar-refractivity contribution in [2.24, 2.45) is 0 Å². The van der Waals surface area contributed by atoms with Gasteiger partial charge in [0.1, 0.15) is 12.4 Å². The highest BCUT2D eigenvalue weighted by Gasteiger charge is 2.20. The summed E-state index contributed by atoms with van der Waals surface area (Å²) in [6.45, 7) is 3.88. The quantitative estimate of drug-likeness (QED) is 0.804. The van der Waals surface area contributed by atoms with Crippen LogP contribution in [0.5, 0.6) is 5.75 Å². The molecule has 0 bridgehead atoms. The van der Waals surface area contributed by atoms with Crippen LogP contribution < -0.4 is 4.74 Å². The number of nitrogens with zero attached hydrogens (tertiary/aromatic N) is 2. The Kier molecular flexibility index (Phi) is 5.53. The smallest absolute Gasteiger partial charge is 0.254 e. The molecule has 0 N–H and O–H groups in total. The Bertz CT molecular complexity index is 695. The van der Waals surface area contributed by atoms with E-state index in [-0.39, 0.29) is 5.91 Å². The van der Waals surface area contributed by atoms with Crippen LogP contribution >= 0.6 is 15.9 Å². The molecule has 1 aliphatic heterocycles. The van der Waals surface area contributed by atoms with Crippen LogP contribution in [0.15, 0.2) is 53.0 Å². The molecule has 1 heterocycles. The molecule has 0 unspecified atom stereocenters. The first-order valence-corrected chi connectivity index (χ1v) is 8.86. The lowest BCUT2D eigenvalue weighted by molar-refractivity contribution is 0.0663. The van der Waals surface area contributed by atoms with E-state index in [1.54, 1.807) is 0 Å². The largest absolute Gasteiger partial charge is 0.489 e. The average molecular weight is 389 g/mol. The molecule has 3 rings (SSSR count). The van der Waals surface area contributed by atoms with E-state index in [1.807, 2.05) is 53.4 Å². The number of benzene rings is 2. The van der Waals surface area contributed by atoms with Crippen molar-refractivity contribution in [2.45, 2.75) is 6.61 Å². The zero-order valence-electron chi connectivity index (χ0n) is 13.7. The van der Waals surface area contributed by atoms with Crippen LogP contribution in [0.2, 0.25) is 0 Å². The predicted molar refractivity (Wildman–Crippen MR) is 98.3 cm³/mol. The van der Waals surface area contributed by atoms with Crippen molar-refractivity contribution in [3.8, 4) is 5.75 Å². The third-order valence-electron chi connectivity index (χ3n) is 4.19. The van der Waals surface area contributed by atoms with Crippen molar-refractivity contribution in [3.05, 3.63) is 64.1 Å². The molecule has 1 aliphatic rings. The molecule has 0 saturated carbocycles. The molecule has 0 aliphatic carbocycles. The van der Waals surface area contributed by atoms with Gasteiger partial charge in [0.25, 0.3) is 5.91 Å². The first-order valence-electron chi connectivity index (χ1n) is 8.07. The van der Waals surface area contributed by atoms with Crippen molar-refractivity contribution >= 4 is 21.8 Å². The van der Waals surface area contributed by atoms with E-state index in [0.29, 0.717) is 12.2 Å². The summed E-state index contributed by atoms with van der Waals surface area (Å²) in [4.78, 5) is 16.8. The van der Waals surface area contributed by atoms with Gasteiger partial charge in [0.05, 0.1) is 0 Å². The maximum absolute atomic E-state index is 12.6. The van der Waals surface area contributed by atoms with E-state index in [9.17, 15) is 4.79 Å². The van der Waals surface area contributed by atoms with Gasteiger partial charge in [-0.1, -0.05) is 34.1 Å². The molecule has 1 fully saturated rings. The highest BCUT2D eigenvalue weighted by molar-refractivity contribution is 9.10. The van der Waals surface area contributed by atoms with E-state index in [1.165, 1.54) is 0 Å². The SMILES string of the molecule is CN1CCN(C(=O)c2cccc(OCc3ccc(Br)cc3)c2)CC1. The first-order chi connectivity index (χ1) is 11.6. The highest BCUT2D eigenvalue weighted by atomic mass is 79.9. The Labute approximate surface area is 151 Å². The van der Waals surface area contributed by atoms with Crippen molar-refractivity contribution in [3.63, 3.8) is 0 Å². The summed E-state index contributed by atoms with van der Waals surface area (Å²) in [5.41, 5.74) is 1.78. The number of hydrogen-bond acceptors (Lipinski definition) is 3. The summed E-state index contributed by atoms with van der Waals surface area (Å²) in [5, 5.41) is 0. The van der Waals surface area contributed by atoms with Crippen molar-refractivity contribution in [1.82, 2.24) is 9.80 Å². The van der Waals surface area contributed by atoms with Crippen molar-refractivity contribution < 1.29 is 9.53 Å². The van der Waals surface area contributed by atoms with E-state index in [4.69, 9.17) is 4.74 Å². The van der Waals surface area contributed by atoms with E-state index in [0.717, 1.165) is 42.0 Å². The topological polar surface area (TPSA) is 32.8 Å². The molecule has 24 heavy (non-hydrogen) atoms. The molecule has 126 valence electrons. The number of likely N-dealkylation sites (N-methyl/N-ethyl adjacent to an activating group) is 1. The minimum atomic E-state index is 0.0807. The predicted octanol–water partition coefficient (Wildman–Crippen LogP) is 3.42. The second kappa shape index (κ2) is 7.81. The summed E-state index contributed by atoms with van der Waals surface area (Å²) in [7, 11) is 2.08. The molecule has 0 aromatic heterocycles. The molecule has 2 aromatic rings. The zero-order chi connectivity index (χ0) is 16.9. The van der Waals surface area contributed by atoms with Gasteiger partial charge in [-0.05, 0) is 42.9 Å². The van der Waals surface area contributed by atoms with Crippen LogP contribution in [-0.4, -0.2) is 48.9 Å². The van der Waals surface area contributed by atoms with E-state index in [2.05, 4.69) is 27.9 Å². The number of carbonyl (C=O) groups excluding carboxylic acids is 1. The van der Waals surface area contributed by atoms with Crippen LogP contribution in [0.25, 0.3) is 0 Å². The van der Waals surface area contributed by atoms with Crippen LogP contribution in [0.4, 0.5) is 0 Å². The minimum Gasteiger partial charge on any atom is -0.489 e. The monoisotopic (exact) mass is 388 g/mol. The van der Waals surface area contributed by atoms with E-state index < -0.39 is 0 Å². The Morgan fingerprint density at radius 3 is 2.50 bits per heavy atom. The number of hydrogen-bond donors (Lipinski definition) is 0. The van der Waals surface area contributed by atoms with Gasteiger partial charge in [0.15, 0.2) is 0 Å². The summed E-state index contributed by atoms with van der Waals surface area (Å²) in [6.07, 6.45) is 0. The van der Waals surface area contributed by atoms with Gasteiger partial charge in [-0.15, -0.1) is 0 Å². The third-order valence-corrected chi connectivity index (χ3v) is 4.72. The Balaban J connectivity index is 1.63. The summed E-state index contributed by atoms with van der Waals surface area (Å²) in [6, 6.07) is 15.5. The molecule has 0 radical (unpaired) electrons. The fourth-order valence-electron chi connectivity index (χ4n) is 2.66. The molecule has 2 aromatic carbocycles. The fourth-order valence-corrected chi connectivity index (χ4v) is 2.92. The summed E-state index contributed by atoms with van der Waals surface area (Å²) in [5.74, 6) is 0.801. The van der Waals surface area contributed by atoms with Crippen LogP contribution in [0.1, 0.15) is 15.9 Å². The summed E-state index contributed by atoms with van der Waals surface area (Å²) >= 11 is 3.42. The van der Waals surface area contributed by atoms with Gasteiger partial charge in [-0.25, -0.2) is 0 Å². The minimum absolute atomic E-state index is 0.0807. The second-order valence-corrected chi connectivity index (χ2v) is 6.95. The molecule has 1 saturated heterocycles. The third kappa shape index (κ3) is 4.36. The fraction of sp³-hybridized carbons (Fsp3) is 0.316. The maximum atomic E-state index is 12.6. The molecule has 4 nitrogen and oxygen atoms in total.